The fourth-order valence-electron chi connectivity index (χ4n) is 1.40. The molecule has 1 amide bonds. The minimum Gasteiger partial charge on any atom is -0.352 e. The van der Waals surface area contributed by atoms with Crippen LogP contribution in [0.25, 0.3) is 0 Å². The number of halogens is 1. The number of rotatable bonds is 5. The SMILES string of the molecule is CSCC(C)CNC(=O)c1ccc(Br)cc1S. The molecule has 1 aromatic rings. The molecule has 0 aliphatic heterocycles. The van der Waals surface area contributed by atoms with Crippen molar-refractivity contribution in [3.63, 3.8) is 0 Å². The van der Waals surface area contributed by atoms with Crippen LogP contribution in [-0.4, -0.2) is 24.5 Å². The molecule has 1 rings (SSSR count). The summed E-state index contributed by atoms with van der Waals surface area (Å²) >= 11 is 9.43. The molecule has 1 unspecified atom stereocenters. The molecular formula is C12H16BrNOS2. The first-order chi connectivity index (χ1) is 8.04. The van der Waals surface area contributed by atoms with Gasteiger partial charge in [0, 0.05) is 15.9 Å². The molecule has 0 aliphatic carbocycles. The van der Waals surface area contributed by atoms with Crippen molar-refractivity contribution in [3.8, 4) is 0 Å². The molecule has 0 heterocycles. The minimum absolute atomic E-state index is 0.0598. The van der Waals surface area contributed by atoms with Gasteiger partial charge in [0.2, 0.25) is 0 Å². The van der Waals surface area contributed by atoms with Crippen LogP contribution < -0.4 is 5.32 Å². The van der Waals surface area contributed by atoms with Crippen LogP contribution in [-0.2, 0) is 0 Å². The van der Waals surface area contributed by atoms with E-state index in [1.807, 2.05) is 12.1 Å². The first-order valence-electron chi connectivity index (χ1n) is 5.30. The molecule has 0 bridgehead atoms. The van der Waals surface area contributed by atoms with E-state index < -0.39 is 0 Å². The Kier molecular flexibility index (Phi) is 6.44. The first kappa shape index (κ1) is 14.9. The van der Waals surface area contributed by atoms with Gasteiger partial charge in [0.25, 0.3) is 5.91 Å². The van der Waals surface area contributed by atoms with E-state index in [1.165, 1.54) is 0 Å². The van der Waals surface area contributed by atoms with E-state index in [0.29, 0.717) is 22.9 Å². The minimum atomic E-state index is -0.0598. The Morgan fingerprint density at radius 3 is 2.88 bits per heavy atom. The van der Waals surface area contributed by atoms with Crippen molar-refractivity contribution in [2.45, 2.75) is 11.8 Å². The smallest absolute Gasteiger partial charge is 0.252 e. The molecular weight excluding hydrogens is 318 g/mol. The number of nitrogens with one attached hydrogen (secondary N) is 1. The summed E-state index contributed by atoms with van der Waals surface area (Å²) in [5.74, 6) is 1.47. The van der Waals surface area contributed by atoms with E-state index >= 15 is 0 Å². The number of carbonyl (C=O) groups is 1. The molecule has 0 saturated carbocycles. The van der Waals surface area contributed by atoms with Crippen molar-refractivity contribution < 1.29 is 4.79 Å². The molecule has 2 nitrogen and oxygen atoms in total. The highest BCUT2D eigenvalue weighted by atomic mass is 79.9. The molecule has 1 N–H and O–H groups in total. The Morgan fingerprint density at radius 2 is 2.29 bits per heavy atom. The molecule has 0 fully saturated rings. The highest BCUT2D eigenvalue weighted by Crippen LogP contribution is 2.19. The Hall–Kier alpha value is -0.130. The number of carbonyl (C=O) groups excluding carboxylic acids is 1. The van der Waals surface area contributed by atoms with E-state index in [0.717, 1.165) is 10.2 Å². The zero-order valence-corrected chi connectivity index (χ0v) is 13.2. The van der Waals surface area contributed by atoms with Crippen LogP contribution in [0.1, 0.15) is 17.3 Å². The molecule has 17 heavy (non-hydrogen) atoms. The second-order valence-electron chi connectivity index (χ2n) is 3.93. The Bertz CT molecular complexity index is 398. The number of hydrogen-bond donors (Lipinski definition) is 2. The van der Waals surface area contributed by atoms with Crippen molar-refractivity contribution >= 4 is 46.2 Å². The summed E-state index contributed by atoms with van der Waals surface area (Å²) in [4.78, 5) is 12.6. The van der Waals surface area contributed by atoms with Gasteiger partial charge in [-0.3, -0.25) is 4.79 Å². The maximum Gasteiger partial charge on any atom is 0.252 e. The average Bonchev–Trinajstić information content (AvgIpc) is 2.26. The topological polar surface area (TPSA) is 29.1 Å². The van der Waals surface area contributed by atoms with E-state index in [9.17, 15) is 4.79 Å². The normalized spacial score (nSPS) is 12.2. The molecule has 0 saturated heterocycles. The maximum atomic E-state index is 11.9. The summed E-state index contributed by atoms with van der Waals surface area (Å²) in [5.41, 5.74) is 0.618. The lowest BCUT2D eigenvalue weighted by Gasteiger charge is -2.12. The number of hydrogen-bond acceptors (Lipinski definition) is 3. The van der Waals surface area contributed by atoms with E-state index in [4.69, 9.17) is 0 Å². The standard InChI is InChI=1S/C12H16BrNOS2/c1-8(7-17-2)6-14-12(15)10-4-3-9(13)5-11(10)16/h3-5,8,16H,6-7H2,1-2H3,(H,14,15). The molecule has 1 atom stereocenters. The second-order valence-corrected chi connectivity index (χ2v) is 6.24. The van der Waals surface area contributed by atoms with Crippen LogP contribution in [0.4, 0.5) is 0 Å². The lowest BCUT2D eigenvalue weighted by atomic mass is 10.2. The van der Waals surface area contributed by atoms with Crippen molar-refractivity contribution in [1.82, 2.24) is 5.32 Å². The number of thioether (sulfide) groups is 1. The van der Waals surface area contributed by atoms with Gasteiger partial charge in [-0.25, -0.2) is 0 Å². The molecule has 0 spiro atoms. The summed E-state index contributed by atoms with van der Waals surface area (Å²) in [6.07, 6.45) is 2.07. The first-order valence-corrected chi connectivity index (χ1v) is 7.93. The van der Waals surface area contributed by atoms with Crippen molar-refractivity contribution in [2.75, 3.05) is 18.6 Å². The molecule has 0 aromatic heterocycles. The van der Waals surface area contributed by atoms with Gasteiger partial charge < -0.3 is 5.32 Å². The van der Waals surface area contributed by atoms with Crippen molar-refractivity contribution in [1.29, 1.82) is 0 Å². The highest BCUT2D eigenvalue weighted by molar-refractivity contribution is 9.10. The molecule has 1 aromatic carbocycles. The zero-order valence-electron chi connectivity index (χ0n) is 9.87. The molecule has 0 aliphatic rings. The summed E-state index contributed by atoms with van der Waals surface area (Å²) in [5, 5.41) is 2.93. The monoisotopic (exact) mass is 333 g/mol. The third kappa shape index (κ3) is 4.94. The van der Waals surface area contributed by atoms with Crippen LogP contribution in [0.5, 0.6) is 0 Å². The predicted molar refractivity (Wildman–Crippen MR) is 81.3 cm³/mol. The number of amides is 1. The highest BCUT2D eigenvalue weighted by Gasteiger charge is 2.10. The largest absolute Gasteiger partial charge is 0.352 e. The van der Waals surface area contributed by atoms with Gasteiger partial charge in [-0.2, -0.15) is 11.8 Å². The van der Waals surface area contributed by atoms with Crippen molar-refractivity contribution in [3.05, 3.63) is 28.2 Å². The van der Waals surface area contributed by atoms with Gasteiger partial charge in [-0.05, 0) is 36.1 Å². The molecule has 94 valence electrons. The Labute approximate surface area is 120 Å². The van der Waals surface area contributed by atoms with Gasteiger partial charge in [-0.1, -0.05) is 22.9 Å². The van der Waals surface area contributed by atoms with Crippen LogP contribution >= 0.6 is 40.3 Å². The van der Waals surface area contributed by atoms with Crippen LogP contribution in [0.15, 0.2) is 27.6 Å². The maximum absolute atomic E-state index is 11.9. The van der Waals surface area contributed by atoms with Crippen LogP contribution in [0.2, 0.25) is 0 Å². The Balaban J connectivity index is 2.58. The van der Waals surface area contributed by atoms with Crippen LogP contribution in [0.3, 0.4) is 0 Å². The van der Waals surface area contributed by atoms with E-state index in [-0.39, 0.29) is 5.91 Å². The summed E-state index contributed by atoms with van der Waals surface area (Å²) in [6, 6.07) is 5.45. The fraction of sp³-hybridized carbons (Fsp3) is 0.417. The van der Waals surface area contributed by atoms with Gasteiger partial charge in [0.1, 0.15) is 0 Å². The quantitative estimate of drug-likeness (QED) is 0.808. The third-order valence-electron chi connectivity index (χ3n) is 2.27. The summed E-state index contributed by atoms with van der Waals surface area (Å²) in [7, 11) is 0. The van der Waals surface area contributed by atoms with E-state index in [1.54, 1.807) is 17.8 Å². The molecule has 0 radical (unpaired) electrons. The van der Waals surface area contributed by atoms with Crippen molar-refractivity contribution in [2.24, 2.45) is 5.92 Å². The van der Waals surface area contributed by atoms with Gasteiger partial charge in [0.05, 0.1) is 5.56 Å². The number of thiol groups is 1. The van der Waals surface area contributed by atoms with Crippen LogP contribution in [0, 0.1) is 5.92 Å². The predicted octanol–water partition coefficient (Wildman–Crippen LogP) is 3.47. The Morgan fingerprint density at radius 1 is 1.59 bits per heavy atom. The fourth-order valence-corrected chi connectivity index (χ4v) is 2.94. The van der Waals surface area contributed by atoms with Gasteiger partial charge >= 0.3 is 0 Å². The lowest BCUT2D eigenvalue weighted by molar-refractivity contribution is 0.0946. The average molecular weight is 334 g/mol. The second kappa shape index (κ2) is 7.34. The summed E-state index contributed by atoms with van der Waals surface area (Å²) < 4.78 is 0.926. The van der Waals surface area contributed by atoms with Gasteiger partial charge in [0.15, 0.2) is 0 Å². The number of benzene rings is 1. The van der Waals surface area contributed by atoms with E-state index in [2.05, 4.69) is 47.1 Å². The van der Waals surface area contributed by atoms with Gasteiger partial charge in [-0.15, -0.1) is 12.6 Å². The summed E-state index contributed by atoms with van der Waals surface area (Å²) in [6.45, 7) is 2.82. The molecule has 5 heteroatoms. The zero-order chi connectivity index (χ0) is 12.8. The lowest BCUT2D eigenvalue weighted by Crippen LogP contribution is -2.29. The third-order valence-corrected chi connectivity index (χ3v) is 4.03.